The minimum absolute atomic E-state index is 0.0634. The lowest BCUT2D eigenvalue weighted by atomic mass is 9.98. The Morgan fingerprint density at radius 3 is 2.50 bits per heavy atom. The molecule has 1 N–H and O–H groups in total. The molecule has 152 valence electrons. The van der Waals surface area contributed by atoms with E-state index < -0.39 is 5.97 Å². The van der Waals surface area contributed by atoms with Crippen LogP contribution in [-0.2, 0) is 4.74 Å². The highest BCUT2D eigenvalue weighted by Crippen LogP contribution is 2.41. The first-order chi connectivity index (χ1) is 14.5. The number of carbonyl (C=O) groups excluding carboxylic acids is 1. The van der Waals surface area contributed by atoms with E-state index >= 15 is 0 Å². The van der Waals surface area contributed by atoms with Crippen molar-refractivity contribution in [2.45, 2.75) is 26.8 Å². The summed E-state index contributed by atoms with van der Waals surface area (Å²) in [6.45, 7) is 5.71. The number of phenolic OH excluding ortho intramolecular Hbond substituents is 1. The van der Waals surface area contributed by atoms with Crippen LogP contribution >= 0.6 is 0 Å². The second-order valence-corrected chi connectivity index (χ2v) is 7.13. The number of carbonyl (C=O) groups is 1. The van der Waals surface area contributed by atoms with Crippen molar-refractivity contribution in [2.75, 3.05) is 6.61 Å². The molecule has 0 aliphatic carbocycles. The standard InChI is InChI=1S/C25H23NO4/c1-4-29-25(28)21-16(3)30-24-19-13-9-8-12-18(19)23(27)20(22(21)24)14-26-15(2)17-10-6-5-7-11-17/h5-15,27H,4H2,1-3H3. The average molecular weight is 401 g/mol. The lowest BCUT2D eigenvalue weighted by Gasteiger charge is -2.10. The molecule has 5 nitrogen and oxygen atoms in total. The SMILES string of the molecule is CCOC(=O)c1c(C)oc2c1c(C=NC(C)c1ccccc1)c(O)c1ccccc12. The first-order valence-electron chi connectivity index (χ1n) is 9.95. The molecule has 4 rings (SSSR count). The van der Waals surface area contributed by atoms with Crippen molar-refractivity contribution in [3.05, 3.63) is 77.0 Å². The van der Waals surface area contributed by atoms with Gasteiger partial charge in [0.25, 0.3) is 0 Å². The summed E-state index contributed by atoms with van der Waals surface area (Å²) in [6.07, 6.45) is 1.62. The summed E-state index contributed by atoms with van der Waals surface area (Å²) < 4.78 is 11.2. The lowest BCUT2D eigenvalue weighted by Crippen LogP contribution is -2.06. The molecular weight excluding hydrogens is 378 g/mol. The Bertz CT molecular complexity index is 1250. The highest BCUT2D eigenvalue weighted by molar-refractivity contribution is 6.21. The van der Waals surface area contributed by atoms with Gasteiger partial charge in [-0.25, -0.2) is 4.79 Å². The maximum atomic E-state index is 12.7. The van der Waals surface area contributed by atoms with Crippen LogP contribution < -0.4 is 0 Å². The summed E-state index contributed by atoms with van der Waals surface area (Å²) in [4.78, 5) is 17.4. The molecule has 1 unspecified atom stereocenters. The normalized spacial score (nSPS) is 12.6. The number of fused-ring (bicyclic) bond motifs is 3. The van der Waals surface area contributed by atoms with E-state index in [1.54, 1.807) is 20.1 Å². The number of hydrogen-bond donors (Lipinski definition) is 1. The van der Waals surface area contributed by atoms with Crippen LogP contribution in [0.15, 0.2) is 64.0 Å². The number of aromatic hydroxyl groups is 1. The van der Waals surface area contributed by atoms with Crippen LogP contribution in [-0.4, -0.2) is 23.9 Å². The third-order valence-corrected chi connectivity index (χ3v) is 5.22. The Labute approximate surface area is 174 Å². The second kappa shape index (κ2) is 8.03. The predicted molar refractivity (Wildman–Crippen MR) is 119 cm³/mol. The fourth-order valence-corrected chi connectivity index (χ4v) is 3.72. The number of aryl methyl sites for hydroxylation is 1. The molecule has 0 radical (unpaired) electrons. The van der Waals surface area contributed by atoms with Crippen molar-refractivity contribution in [3.63, 3.8) is 0 Å². The number of hydrogen-bond acceptors (Lipinski definition) is 5. The molecule has 0 spiro atoms. The molecule has 4 aromatic rings. The average Bonchev–Trinajstić information content (AvgIpc) is 3.11. The summed E-state index contributed by atoms with van der Waals surface area (Å²) in [7, 11) is 0. The number of furan rings is 1. The molecule has 0 saturated carbocycles. The molecule has 0 aliphatic heterocycles. The van der Waals surface area contributed by atoms with E-state index in [9.17, 15) is 9.90 Å². The topological polar surface area (TPSA) is 72.0 Å². The molecular formula is C25H23NO4. The summed E-state index contributed by atoms with van der Waals surface area (Å²) >= 11 is 0. The van der Waals surface area contributed by atoms with Gasteiger partial charge in [0, 0.05) is 27.9 Å². The number of aliphatic imine (C=N–C) groups is 1. The summed E-state index contributed by atoms with van der Waals surface area (Å²) in [6, 6.07) is 17.2. The van der Waals surface area contributed by atoms with Crippen LogP contribution in [0.5, 0.6) is 5.75 Å². The Hall–Kier alpha value is -3.60. The lowest BCUT2D eigenvalue weighted by molar-refractivity contribution is 0.0526. The van der Waals surface area contributed by atoms with E-state index in [1.165, 1.54) is 0 Å². The van der Waals surface area contributed by atoms with Crippen molar-refractivity contribution in [1.29, 1.82) is 0 Å². The second-order valence-electron chi connectivity index (χ2n) is 7.13. The van der Waals surface area contributed by atoms with Crippen LogP contribution in [0.3, 0.4) is 0 Å². The number of benzene rings is 3. The highest BCUT2D eigenvalue weighted by Gasteiger charge is 2.26. The third-order valence-electron chi connectivity index (χ3n) is 5.22. The summed E-state index contributed by atoms with van der Waals surface area (Å²) in [5, 5.41) is 13.0. The minimum atomic E-state index is -0.478. The van der Waals surface area contributed by atoms with Gasteiger partial charge in [0.2, 0.25) is 0 Å². The Kier molecular flexibility index (Phi) is 5.27. The smallest absolute Gasteiger partial charge is 0.342 e. The largest absolute Gasteiger partial charge is 0.507 e. The molecule has 3 aromatic carbocycles. The zero-order valence-electron chi connectivity index (χ0n) is 17.2. The van der Waals surface area contributed by atoms with Crippen LogP contribution in [0.1, 0.15) is 47.1 Å². The van der Waals surface area contributed by atoms with E-state index in [2.05, 4.69) is 4.99 Å². The molecule has 0 amide bonds. The van der Waals surface area contributed by atoms with Gasteiger partial charge < -0.3 is 14.3 Å². The van der Waals surface area contributed by atoms with Gasteiger partial charge in [0.05, 0.1) is 12.6 Å². The van der Waals surface area contributed by atoms with Gasteiger partial charge in [-0.2, -0.15) is 0 Å². The van der Waals surface area contributed by atoms with Crippen molar-refractivity contribution in [1.82, 2.24) is 0 Å². The molecule has 0 aliphatic rings. The number of esters is 1. The Morgan fingerprint density at radius 2 is 1.80 bits per heavy atom. The number of phenols is 1. The number of rotatable bonds is 5. The molecule has 0 bridgehead atoms. The van der Waals surface area contributed by atoms with E-state index in [0.717, 1.165) is 10.9 Å². The van der Waals surface area contributed by atoms with E-state index in [-0.39, 0.29) is 18.4 Å². The van der Waals surface area contributed by atoms with Gasteiger partial charge in [-0.1, -0.05) is 54.6 Å². The summed E-state index contributed by atoms with van der Waals surface area (Å²) in [5.74, 6) is 0.0348. The first kappa shape index (κ1) is 19.7. The molecule has 0 saturated heterocycles. The first-order valence-corrected chi connectivity index (χ1v) is 9.95. The molecule has 5 heteroatoms. The van der Waals surface area contributed by atoms with Gasteiger partial charge >= 0.3 is 5.97 Å². The van der Waals surface area contributed by atoms with Gasteiger partial charge in [-0.3, -0.25) is 4.99 Å². The molecule has 30 heavy (non-hydrogen) atoms. The Morgan fingerprint density at radius 1 is 1.13 bits per heavy atom. The van der Waals surface area contributed by atoms with Crippen LogP contribution in [0.25, 0.3) is 21.7 Å². The van der Waals surface area contributed by atoms with E-state index in [0.29, 0.717) is 33.2 Å². The predicted octanol–water partition coefficient (Wildman–Crippen LogP) is 5.96. The van der Waals surface area contributed by atoms with E-state index in [4.69, 9.17) is 9.15 Å². The zero-order valence-corrected chi connectivity index (χ0v) is 17.2. The maximum absolute atomic E-state index is 12.7. The van der Waals surface area contributed by atoms with Crippen molar-refractivity contribution in [3.8, 4) is 5.75 Å². The van der Waals surface area contributed by atoms with Crippen LogP contribution in [0.2, 0.25) is 0 Å². The number of ether oxygens (including phenoxy) is 1. The molecule has 1 aromatic heterocycles. The quantitative estimate of drug-likeness (QED) is 0.331. The summed E-state index contributed by atoms with van der Waals surface area (Å²) in [5.41, 5.74) is 2.37. The third kappa shape index (κ3) is 3.32. The molecule has 1 atom stereocenters. The molecule has 0 fully saturated rings. The van der Waals surface area contributed by atoms with Crippen LogP contribution in [0, 0.1) is 6.92 Å². The van der Waals surface area contributed by atoms with E-state index in [1.807, 2.05) is 61.5 Å². The fraction of sp³-hybridized carbons (Fsp3) is 0.200. The van der Waals surface area contributed by atoms with Gasteiger partial charge in [0.1, 0.15) is 22.7 Å². The Balaban J connectivity index is 1.97. The highest BCUT2D eigenvalue weighted by atomic mass is 16.5. The zero-order chi connectivity index (χ0) is 21.3. The van der Waals surface area contributed by atoms with Gasteiger partial charge in [-0.05, 0) is 26.3 Å². The number of nitrogens with zero attached hydrogens (tertiary/aromatic N) is 1. The van der Waals surface area contributed by atoms with Crippen molar-refractivity contribution < 1.29 is 19.1 Å². The van der Waals surface area contributed by atoms with Crippen molar-refractivity contribution in [2.24, 2.45) is 4.99 Å². The van der Waals surface area contributed by atoms with Crippen LogP contribution in [0.4, 0.5) is 0 Å². The van der Waals surface area contributed by atoms with Gasteiger partial charge in [-0.15, -0.1) is 0 Å². The van der Waals surface area contributed by atoms with Gasteiger partial charge in [0.15, 0.2) is 0 Å². The maximum Gasteiger partial charge on any atom is 0.342 e. The molecule has 1 heterocycles. The fourth-order valence-electron chi connectivity index (χ4n) is 3.72. The monoisotopic (exact) mass is 401 g/mol. The minimum Gasteiger partial charge on any atom is -0.507 e. The van der Waals surface area contributed by atoms with Crippen molar-refractivity contribution >= 4 is 33.9 Å².